The Kier molecular flexibility index (Phi) is 2.99. The van der Waals surface area contributed by atoms with Gasteiger partial charge in [-0.3, -0.25) is 0 Å². The van der Waals surface area contributed by atoms with Gasteiger partial charge in [0.05, 0.1) is 11.1 Å². The van der Waals surface area contributed by atoms with Gasteiger partial charge in [0.15, 0.2) is 0 Å². The monoisotopic (exact) mass is 277 g/mol. The van der Waals surface area contributed by atoms with Crippen LogP contribution in [-0.4, -0.2) is 0 Å². The van der Waals surface area contributed by atoms with Gasteiger partial charge in [-0.15, -0.1) is 0 Å². The number of fused-ring (bicyclic) bond motifs is 1. The van der Waals surface area contributed by atoms with Gasteiger partial charge in [0.2, 0.25) is 0 Å². The minimum Gasteiger partial charge on any atom is -0.166 e. The largest absolute Gasteiger partial charge is 0.417 e. The van der Waals surface area contributed by atoms with Crippen molar-refractivity contribution in [2.75, 3.05) is 0 Å². The molecule has 2 aromatic rings. The van der Waals surface area contributed by atoms with Crippen LogP contribution in [0.5, 0.6) is 0 Å². The van der Waals surface area contributed by atoms with Gasteiger partial charge in [0.1, 0.15) is 0 Å². The maximum absolute atomic E-state index is 12.9. The molecule has 0 aliphatic carbocycles. The van der Waals surface area contributed by atoms with E-state index in [4.69, 9.17) is 0 Å². The second kappa shape index (κ2) is 4.15. The number of alkyl halides is 6. The fraction of sp³-hybridized carbons (Fsp3) is 0.154. The summed E-state index contributed by atoms with van der Waals surface area (Å²) in [6.45, 7) is 3.52. The van der Waals surface area contributed by atoms with Crippen molar-refractivity contribution in [3.8, 4) is 0 Å². The van der Waals surface area contributed by atoms with E-state index in [1.54, 1.807) is 0 Å². The number of benzene rings is 2. The van der Waals surface area contributed by atoms with Gasteiger partial charge in [-0.1, -0.05) is 24.3 Å². The van der Waals surface area contributed by atoms with Gasteiger partial charge in [-0.2, -0.15) is 26.3 Å². The summed E-state index contributed by atoms with van der Waals surface area (Å²) < 4.78 is 76.8. The average molecular weight is 277 g/mol. The smallest absolute Gasteiger partial charge is 0.166 e. The van der Waals surface area contributed by atoms with Crippen LogP contribution in [-0.2, 0) is 12.4 Å². The molecule has 2 aromatic carbocycles. The molecule has 0 amide bonds. The summed E-state index contributed by atoms with van der Waals surface area (Å²) in [6, 6.07) is 5.16. The van der Waals surface area contributed by atoms with Crippen molar-refractivity contribution in [3.05, 3.63) is 53.9 Å². The predicted octanol–water partition coefficient (Wildman–Crippen LogP) is 5.06. The SMILES string of the molecule is [CH2]c1cccc2c(C(F)(F)F)c(C(F)(F)F)ccc12. The molecule has 0 fully saturated rings. The minimum atomic E-state index is -5.09. The number of rotatable bonds is 0. The molecule has 0 saturated carbocycles. The topological polar surface area (TPSA) is 0 Å². The lowest BCUT2D eigenvalue weighted by Crippen LogP contribution is -2.17. The lowest BCUT2D eigenvalue weighted by Gasteiger charge is -2.18. The van der Waals surface area contributed by atoms with Crippen molar-refractivity contribution in [1.29, 1.82) is 0 Å². The third-order valence-electron chi connectivity index (χ3n) is 2.74. The van der Waals surface area contributed by atoms with Crippen LogP contribution in [0, 0.1) is 6.92 Å². The second-order valence-electron chi connectivity index (χ2n) is 4.00. The van der Waals surface area contributed by atoms with Crippen LogP contribution < -0.4 is 0 Å². The Bertz CT molecular complexity index is 621. The Hall–Kier alpha value is -1.72. The molecule has 0 aliphatic rings. The van der Waals surface area contributed by atoms with Gasteiger partial charge in [-0.25, -0.2) is 0 Å². The number of hydrogen-bond donors (Lipinski definition) is 0. The molecule has 0 nitrogen and oxygen atoms in total. The molecule has 2 rings (SSSR count). The highest BCUT2D eigenvalue weighted by atomic mass is 19.4. The first-order valence-corrected chi connectivity index (χ1v) is 5.14. The molecule has 0 unspecified atom stereocenters. The highest BCUT2D eigenvalue weighted by molar-refractivity contribution is 5.90. The highest BCUT2D eigenvalue weighted by Crippen LogP contribution is 2.44. The predicted molar refractivity (Wildman–Crippen MR) is 58.4 cm³/mol. The minimum absolute atomic E-state index is 0.0582. The van der Waals surface area contributed by atoms with Gasteiger partial charge in [0, 0.05) is 0 Å². The summed E-state index contributed by atoms with van der Waals surface area (Å²) in [6.07, 6.45) is -10.1. The van der Waals surface area contributed by atoms with Gasteiger partial charge in [0.25, 0.3) is 0 Å². The van der Waals surface area contributed by atoms with Crippen molar-refractivity contribution in [2.45, 2.75) is 12.4 Å². The normalized spacial score (nSPS) is 13.0. The Morgan fingerprint density at radius 2 is 1.37 bits per heavy atom. The Morgan fingerprint density at radius 1 is 0.737 bits per heavy atom. The number of halogens is 6. The van der Waals surface area contributed by atoms with E-state index in [-0.39, 0.29) is 10.9 Å². The van der Waals surface area contributed by atoms with Crippen LogP contribution >= 0.6 is 0 Å². The zero-order chi connectivity index (χ0) is 14.4. The van der Waals surface area contributed by atoms with Crippen molar-refractivity contribution in [2.24, 2.45) is 0 Å². The Morgan fingerprint density at radius 3 is 1.89 bits per heavy atom. The third-order valence-corrected chi connectivity index (χ3v) is 2.74. The van der Waals surface area contributed by atoms with Crippen LogP contribution in [0.3, 0.4) is 0 Å². The molecule has 0 aromatic heterocycles. The highest BCUT2D eigenvalue weighted by Gasteiger charge is 2.44. The van der Waals surface area contributed by atoms with Crippen LogP contribution in [0.4, 0.5) is 26.3 Å². The molecule has 0 N–H and O–H groups in total. The summed E-state index contributed by atoms with van der Waals surface area (Å²) in [4.78, 5) is 0. The van der Waals surface area contributed by atoms with Crippen molar-refractivity contribution in [3.63, 3.8) is 0 Å². The molecule has 19 heavy (non-hydrogen) atoms. The molecule has 0 bridgehead atoms. The summed E-state index contributed by atoms with van der Waals surface area (Å²) in [5, 5.41) is -0.433. The molecule has 0 atom stereocenters. The van der Waals surface area contributed by atoms with E-state index in [1.165, 1.54) is 12.1 Å². The maximum atomic E-state index is 12.9. The van der Waals surface area contributed by atoms with E-state index in [2.05, 4.69) is 6.92 Å². The standard InChI is InChI=1S/C13H7F6/c1-7-3-2-4-9-8(7)5-6-10(12(14,15)16)11(9)13(17,18)19/h2-6H,1H2. The van der Waals surface area contributed by atoms with Crippen molar-refractivity contribution in [1.82, 2.24) is 0 Å². The van der Waals surface area contributed by atoms with E-state index in [1.807, 2.05) is 0 Å². The van der Waals surface area contributed by atoms with Crippen LogP contribution in [0.1, 0.15) is 16.7 Å². The quantitative estimate of drug-likeness (QED) is 0.590. The van der Waals surface area contributed by atoms with E-state index in [0.717, 1.165) is 12.1 Å². The molecule has 6 heteroatoms. The fourth-order valence-electron chi connectivity index (χ4n) is 1.96. The van der Waals surface area contributed by atoms with Gasteiger partial charge in [-0.05, 0) is 29.3 Å². The summed E-state index contributed by atoms with van der Waals surface area (Å²) in [5.74, 6) is 0. The lowest BCUT2D eigenvalue weighted by molar-refractivity contribution is -0.161. The van der Waals surface area contributed by atoms with Gasteiger partial charge < -0.3 is 0 Å². The van der Waals surface area contributed by atoms with Crippen LogP contribution in [0.15, 0.2) is 30.3 Å². The molecular weight excluding hydrogens is 270 g/mol. The van der Waals surface area contributed by atoms with E-state index < -0.39 is 28.9 Å². The van der Waals surface area contributed by atoms with Gasteiger partial charge >= 0.3 is 12.4 Å². The first-order chi connectivity index (χ1) is 8.62. The molecule has 1 radical (unpaired) electrons. The molecule has 0 aliphatic heterocycles. The van der Waals surface area contributed by atoms with Crippen molar-refractivity contribution >= 4 is 10.8 Å². The first kappa shape index (κ1) is 13.7. The third kappa shape index (κ3) is 2.39. The number of hydrogen-bond acceptors (Lipinski definition) is 0. The zero-order valence-corrected chi connectivity index (χ0v) is 9.36. The molecule has 0 heterocycles. The molecular formula is C13H7F6. The van der Waals surface area contributed by atoms with E-state index in [0.29, 0.717) is 6.07 Å². The second-order valence-corrected chi connectivity index (χ2v) is 4.00. The molecule has 0 spiro atoms. The van der Waals surface area contributed by atoms with Crippen LogP contribution in [0.2, 0.25) is 0 Å². The van der Waals surface area contributed by atoms with E-state index in [9.17, 15) is 26.3 Å². The first-order valence-electron chi connectivity index (χ1n) is 5.14. The average Bonchev–Trinajstić information content (AvgIpc) is 2.25. The summed E-state index contributed by atoms with van der Waals surface area (Å²) in [7, 11) is 0. The summed E-state index contributed by atoms with van der Waals surface area (Å²) in [5.41, 5.74) is -3.10. The lowest BCUT2D eigenvalue weighted by atomic mass is 9.95. The molecule has 0 saturated heterocycles. The zero-order valence-electron chi connectivity index (χ0n) is 9.36. The summed E-state index contributed by atoms with van der Waals surface area (Å²) >= 11 is 0. The fourth-order valence-corrected chi connectivity index (χ4v) is 1.96. The van der Waals surface area contributed by atoms with E-state index >= 15 is 0 Å². The molecule has 101 valence electrons. The Labute approximate surface area is 104 Å². The van der Waals surface area contributed by atoms with Crippen LogP contribution in [0.25, 0.3) is 10.8 Å². The van der Waals surface area contributed by atoms with Crippen molar-refractivity contribution < 1.29 is 26.3 Å². The maximum Gasteiger partial charge on any atom is 0.417 e. The Balaban J connectivity index is 2.94.